The van der Waals surface area contributed by atoms with Gasteiger partial charge in [-0.1, -0.05) is 24.8 Å². The van der Waals surface area contributed by atoms with Crippen LogP contribution in [-0.2, 0) is 11.2 Å². The van der Waals surface area contributed by atoms with Gasteiger partial charge in [-0.25, -0.2) is 4.79 Å². The molecular formula is C11H12O3. The first-order valence-electron chi connectivity index (χ1n) is 4.31. The second-order valence-corrected chi connectivity index (χ2v) is 2.71. The van der Waals surface area contributed by atoms with Crippen molar-refractivity contribution in [2.24, 2.45) is 0 Å². The maximum Gasteiger partial charge on any atom is 0.335 e. The van der Waals surface area contributed by atoms with Crippen LogP contribution in [-0.4, -0.2) is 17.7 Å². The summed E-state index contributed by atoms with van der Waals surface area (Å²) in [5.74, 6) is -0.0122. The Morgan fingerprint density at radius 3 is 2.86 bits per heavy atom. The minimum Gasteiger partial charge on any atom is -0.423 e. The van der Waals surface area contributed by atoms with E-state index in [1.165, 1.54) is 0 Å². The first-order chi connectivity index (χ1) is 6.77. The van der Waals surface area contributed by atoms with Gasteiger partial charge in [-0.2, -0.15) is 0 Å². The fraction of sp³-hybridized carbons (Fsp3) is 0.182. The van der Waals surface area contributed by atoms with Crippen molar-refractivity contribution in [2.75, 3.05) is 6.61 Å². The molecule has 0 saturated carbocycles. The molecule has 0 aliphatic heterocycles. The van der Waals surface area contributed by atoms with Crippen LogP contribution >= 0.6 is 0 Å². The first kappa shape index (κ1) is 10.5. The highest BCUT2D eigenvalue weighted by atomic mass is 16.5. The number of rotatable bonds is 4. The summed E-state index contributed by atoms with van der Waals surface area (Å²) in [6.07, 6.45) is 1.58. The SMILES string of the molecule is C=CC(=O)Oc1ccccc1CCO. The predicted octanol–water partition coefficient (Wildman–Crippen LogP) is 1.31. The fourth-order valence-corrected chi connectivity index (χ4v) is 1.08. The molecule has 0 bridgehead atoms. The molecule has 0 heterocycles. The number of carbonyl (C=O) groups is 1. The van der Waals surface area contributed by atoms with Crippen LogP contribution in [0.3, 0.4) is 0 Å². The molecule has 0 spiro atoms. The lowest BCUT2D eigenvalue weighted by molar-refractivity contribution is -0.129. The third-order valence-corrected chi connectivity index (χ3v) is 1.73. The molecule has 0 aliphatic rings. The largest absolute Gasteiger partial charge is 0.423 e. The maximum atomic E-state index is 10.9. The third kappa shape index (κ3) is 2.71. The van der Waals surface area contributed by atoms with E-state index >= 15 is 0 Å². The number of hydrogen-bond acceptors (Lipinski definition) is 3. The third-order valence-electron chi connectivity index (χ3n) is 1.73. The zero-order valence-corrected chi connectivity index (χ0v) is 7.77. The Labute approximate surface area is 82.6 Å². The summed E-state index contributed by atoms with van der Waals surface area (Å²) in [6, 6.07) is 7.09. The standard InChI is InChI=1S/C11H12O3/c1-2-11(13)14-10-6-4-3-5-9(10)7-8-12/h2-6,12H,1,7-8H2. The van der Waals surface area contributed by atoms with Gasteiger partial charge in [-0.15, -0.1) is 0 Å². The van der Waals surface area contributed by atoms with Crippen LogP contribution < -0.4 is 4.74 Å². The smallest absolute Gasteiger partial charge is 0.335 e. The Morgan fingerprint density at radius 1 is 1.50 bits per heavy atom. The lowest BCUT2D eigenvalue weighted by Crippen LogP contribution is -2.05. The summed E-state index contributed by atoms with van der Waals surface area (Å²) in [6.45, 7) is 3.34. The molecule has 74 valence electrons. The van der Waals surface area contributed by atoms with Gasteiger partial charge in [0.2, 0.25) is 0 Å². The second kappa shape index (κ2) is 5.19. The van der Waals surface area contributed by atoms with E-state index in [0.29, 0.717) is 12.2 Å². The lowest BCUT2D eigenvalue weighted by Gasteiger charge is -2.06. The van der Waals surface area contributed by atoms with Gasteiger partial charge in [-0.05, 0) is 18.1 Å². The zero-order chi connectivity index (χ0) is 10.4. The number of para-hydroxylation sites is 1. The van der Waals surface area contributed by atoms with Crippen LogP contribution in [0.2, 0.25) is 0 Å². The van der Waals surface area contributed by atoms with Gasteiger partial charge in [0.1, 0.15) is 5.75 Å². The van der Waals surface area contributed by atoms with Crippen LogP contribution in [0.25, 0.3) is 0 Å². The molecule has 0 aromatic heterocycles. The average molecular weight is 192 g/mol. The summed E-state index contributed by atoms with van der Waals surface area (Å²) in [5, 5.41) is 8.77. The predicted molar refractivity (Wildman–Crippen MR) is 53.1 cm³/mol. The topological polar surface area (TPSA) is 46.5 Å². The maximum absolute atomic E-state index is 10.9. The van der Waals surface area contributed by atoms with Crippen LogP contribution in [0.1, 0.15) is 5.56 Å². The molecular weight excluding hydrogens is 180 g/mol. The van der Waals surface area contributed by atoms with Crippen molar-refractivity contribution in [3.8, 4) is 5.75 Å². The van der Waals surface area contributed by atoms with Crippen molar-refractivity contribution in [1.82, 2.24) is 0 Å². The fourth-order valence-electron chi connectivity index (χ4n) is 1.08. The van der Waals surface area contributed by atoms with Crippen molar-refractivity contribution < 1.29 is 14.6 Å². The summed E-state index contributed by atoms with van der Waals surface area (Å²) in [7, 11) is 0. The van der Waals surface area contributed by atoms with Crippen molar-refractivity contribution >= 4 is 5.97 Å². The van der Waals surface area contributed by atoms with E-state index < -0.39 is 5.97 Å². The molecule has 0 fully saturated rings. The number of aliphatic hydroxyl groups is 1. The normalized spacial score (nSPS) is 9.50. The number of esters is 1. The highest BCUT2D eigenvalue weighted by Gasteiger charge is 2.04. The second-order valence-electron chi connectivity index (χ2n) is 2.71. The Bertz CT molecular complexity index is 331. The number of ether oxygens (including phenoxy) is 1. The van der Waals surface area contributed by atoms with Gasteiger partial charge in [0.05, 0.1) is 0 Å². The Morgan fingerprint density at radius 2 is 2.21 bits per heavy atom. The molecule has 1 N–H and O–H groups in total. The van der Waals surface area contributed by atoms with E-state index in [-0.39, 0.29) is 6.61 Å². The highest BCUT2D eigenvalue weighted by molar-refractivity contribution is 5.83. The molecule has 1 aromatic carbocycles. The average Bonchev–Trinajstić information content (AvgIpc) is 2.21. The van der Waals surface area contributed by atoms with Crippen molar-refractivity contribution in [3.63, 3.8) is 0 Å². The Balaban J connectivity index is 2.83. The van der Waals surface area contributed by atoms with E-state index in [2.05, 4.69) is 6.58 Å². The van der Waals surface area contributed by atoms with Crippen LogP contribution in [0.4, 0.5) is 0 Å². The van der Waals surface area contributed by atoms with Crippen LogP contribution in [0, 0.1) is 0 Å². The van der Waals surface area contributed by atoms with Gasteiger partial charge < -0.3 is 9.84 Å². The highest BCUT2D eigenvalue weighted by Crippen LogP contribution is 2.18. The molecule has 0 saturated heterocycles. The van der Waals surface area contributed by atoms with Gasteiger partial charge in [0.15, 0.2) is 0 Å². The molecule has 1 rings (SSSR count). The van der Waals surface area contributed by atoms with Gasteiger partial charge >= 0.3 is 5.97 Å². The summed E-state index contributed by atoms with van der Waals surface area (Å²) in [4.78, 5) is 10.9. The molecule has 0 aliphatic carbocycles. The van der Waals surface area contributed by atoms with Crippen molar-refractivity contribution in [2.45, 2.75) is 6.42 Å². The van der Waals surface area contributed by atoms with Crippen molar-refractivity contribution in [1.29, 1.82) is 0 Å². The molecule has 0 unspecified atom stereocenters. The number of aliphatic hydroxyl groups excluding tert-OH is 1. The van der Waals surface area contributed by atoms with E-state index in [4.69, 9.17) is 9.84 Å². The van der Waals surface area contributed by atoms with Gasteiger partial charge in [-0.3, -0.25) is 0 Å². The lowest BCUT2D eigenvalue weighted by atomic mass is 10.1. The van der Waals surface area contributed by atoms with E-state index in [9.17, 15) is 4.79 Å². The molecule has 0 amide bonds. The molecule has 3 heteroatoms. The van der Waals surface area contributed by atoms with E-state index in [1.807, 2.05) is 12.1 Å². The molecule has 0 radical (unpaired) electrons. The number of carbonyl (C=O) groups excluding carboxylic acids is 1. The van der Waals surface area contributed by atoms with Crippen LogP contribution in [0.5, 0.6) is 5.75 Å². The monoisotopic (exact) mass is 192 g/mol. The zero-order valence-electron chi connectivity index (χ0n) is 7.77. The molecule has 0 atom stereocenters. The summed E-state index contributed by atoms with van der Waals surface area (Å²) < 4.78 is 4.98. The van der Waals surface area contributed by atoms with Gasteiger partial charge in [0.25, 0.3) is 0 Å². The van der Waals surface area contributed by atoms with E-state index in [0.717, 1.165) is 11.6 Å². The molecule has 14 heavy (non-hydrogen) atoms. The summed E-state index contributed by atoms with van der Waals surface area (Å²) >= 11 is 0. The van der Waals surface area contributed by atoms with Crippen molar-refractivity contribution in [3.05, 3.63) is 42.5 Å². The number of hydrogen-bond donors (Lipinski definition) is 1. The quantitative estimate of drug-likeness (QED) is 0.444. The van der Waals surface area contributed by atoms with E-state index in [1.54, 1.807) is 12.1 Å². The van der Waals surface area contributed by atoms with Crippen LogP contribution in [0.15, 0.2) is 36.9 Å². The summed E-state index contributed by atoms with van der Waals surface area (Å²) in [5.41, 5.74) is 0.810. The minimum absolute atomic E-state index is 0.0304. The minimum atomic E-state index is -0.490. The number of benzene rings is 1. The van der Waals surface area contributed by atoms with Gasteiger partial charge in [0, 0.05) is 12.7 Å². The Hall–Kier alpha value is -1.61. The first-order valence-corrected chi connectivity index (χ1v) is 4.31. The Kier molecular flexibility index (Phi) is 3.88. The molecule has 3 nitrogen and oxygen atoms in total. The molecule has 1 aromatic rings.